The van der Waals surface area contributed by atoms with Crippen molar-refractivity contribution in [2.24, 2.45) is 5.41 Å². The van der Waals surface area contributed by atoms with E-state index >= 15 is 0 Å². The Morgan fingerprint density at radius 1 is 1.39 bits per heavy atom. The van der Waals surface area contributed by atoms with Crippen LogP contribution >= 0.6 is 11.8 Å². The monoisotopic (exact) mass is 264 g/mol. The summed E-state index contributed by atoms with van der Waals surface area (Å²) < 4.78 is 0. The molecule has 0 amide bonds. The Hall–Kier alpha value is -0.540. The molecule has 2 atom stereocenters. The van der Waals surface area contributed by atoms with Crippen molar-refractivity contribution < 1.29 is 0 Å². The summed E-state index contributed by atoms with van der Waals surface area (Å²) in [6, 6.07) is 4.86. The fourth-order valence-corrected chi connectivity index (χ4v) is 4.23. The summed E-state index contributed by atoms with van der Waals surface area (Å²) in [5.74, 6) is 0. The minimum Gasteiger partial charge on any atom is -0.312 e. The van der Waals surface area contributed by atoms with Gasteiger partial charge < -0.3 is 5.32 Å². The zero-order valence-corrected chi connectivity index (χ0v) is 12.5. The quantitative estimate of drug-likeness (QED) is 0.877. The number of nitrogens with one attached hydrogen (secondary N) is 1. The van der Waals surface area contributed by atoms with Crippen molar-refractivity contribution in [3.63, 3.8) is 0 Å². The Balaban J connectivity index is 2.03. The van der Waals surface area contributed by atoms with E-state index in [2.05, 4.69) is 43.2 Å². The number of rotatable bonds is 5. The van der Waals surface area contributed by atoms with Crippen molar-refractivity contribution >= 4 is 11.8 Å². The zero-order valence-electron chi connectivity index (χ0n) is 11.6. The second-order valence-corrected chi connectivity index (χ2v) is 7.11. The van der Waals surface area contributed by atoms with Gasteiger partial charge in [-0.3, -0.25) is 4.98 Å². The van der Waals surface area contributed by atoms with E-state index in [1.807, 2.05) is 24.2 Å². The van der Waals surface area contributed by atoms with Crippen molar-refractivity contribution in [2.75, 3.05) is 6.54 Å². The molecule has 0 saturated heterocycles. The highest BCUT2D eigenvalue weighted by Gasteiger charge is 2.41. The summed E-state index contributed by atoms with van der Waals surface area (Å²) in [4.78, 5) is 5.43. The van der Waals surface area contributed by atoms with Crippen LogP contribution in [-0.2, 0) is 0 Å². The summed E-state index contributed by atoms with van der Waals surface area (Å²) in [6.07, 6.45) is 7.60. The molecule has 1 aliphatic carbocycles. The van der Waals surface area contributed by atoms with Crippen LogP contribution in [0, 0.1) is 5.41 Å². The van der Waals surface area contributed by atoms with Crippen LogP contribution in [0.4, 0.5) is 0 Å². The smallest absolute Gasteiger partial charge is 0.0278 e. The van der Waals surface area contributed by atoms with Crippen LogP contribution in [0.1, 0.15) is 40.0 Å². The Kier molecular flexibility index (Phi) is 4.68. The summed E-state index contributed by atoms with van der Waals surface area (Å²) in [5.41, 5.74) is 0.417. The van der Waals surface area contributed by atoms with Gasteiger partial charge >= 0.3 is 0 Å². The molecule has 100 valence electrons. The lowest BCUT2D eigenvalue weighted by Crippen LogP contribution is -2.43. The fraction of sp³-hybridized carbons (Fsp3) is 0.667. The van der Waals surface area contributed by atoms with Gasteiger partial charge in [0.25, 0.3) is 0 Å². The third-order valence-electron chi connectivity index (χ3n) is 3.84. The molecule has 2 nitrogen and oxygen atoms in total. The lowest BCUT2D eigenvalue weighted by Gasteiger charge is -2.31. The molecule has 1 aromatic heterocycles. The highest BCUT2D eigenvalue weighted by Crippen LogP contribution is 2.44. The molecule has 18 heavy (non-hydrogen) atoms. The second kappa shape index (κ2) is 6.07. The van der Waals surface area contributed by atoms with Crippen molar-refractivity contribution in [3.8, 4) is 0 Å². The topological polar surface area (TPSA) is 24.9 Å². The van der Waals surface area contributed by atoms with Gasteiger partial charge in [-0.15, -0.1) is 11.8 Å². The Morgan fingerprint density at radius 2 is 2.11 bits per heavy atom. The van der Waals surface area contributed by atoms with Gasteiger partial charge in [-0.1, -0.05) is 20.8 Å². The molecule has 0 aromatic carbocycles. The molecule has 1 saturated carbocycles. The van der Waals surface area contributed by atoms with Crippen molar-refractivity contribution in [1.29, 1.82) is 0 Å². The minimum absolute atomic E-state index is 0.417. The molecule has 1 fully saturated rings. The summed E-state index contributed by atoms with van der Waals surface area (Å²) in [5, 5.41) is 4.44. The zero-order chi connectivity index (χ0) is 13.0. The largest absolute Gasteiger partial charge is 0.312 e. The summed E-state index contributed by atoms with van der Waals surface area (Å²) in [7, 11) is 0. The predicted molar refractivity (Wildman–Crippen MR) is 79.0 cm³/mol. The maximum atomic E-state index is 4.09. The molecule has 1 N–H and O–H groups in total. The number of nitrogens with zero attached hydrogens (tertiary/aromatic N) is 1. The first-order valence-electron chi connectivity index (χ1n) is 6.93. The van der Waals surface area contributed by atoms with Crippen molar-refractivity contribution in [1.82, 2.24) is 10.3 Å². The number of hydrogen-bond donors (Lipinski definition) is 1. The van der Waals surface area contributed by atoms with Gasteiger partial charge in [0.2, 0.25) is 0 Å². The summed E-state index contributed by atoms with van der Waals surface area (Å²) in [6.45, 7) is 8.16. The molecule has 0 bridgehead atoms. The molecule has 0 radical (unpaired) electrons. The van der Waals surface area contributed by atoms with E-state index in [-0.39, 0.29) is 0 Å². The highest BCUT2D eigenvalue weighted by molar-refractivity contribution is 8.00. The van der Waals surface area contributed by atoms with Gasteiger partial charge in [0.15, 0.2) is 0 Å². The third-order valence-corrected chi connectivity index (χ3v) is 5.19. The van der Waals surface area contributed by atoms with Crippen molar-refractivity contribution in [3.05, 3.63) is 24.5 Å². The predicted octanol–water partition coefficient (Wildman–Crippen LogP) is 3.73. The van der Waals surface area contributed by atoms with Gasteiger partial charge in [-0.05, 0) is 43.4 Å². The van der Waals surface area contributed by atoms with Crippen LogP contribution in [0.5, 0.6) is 0 Å². The Labute approximate surface area is 115 Å². The van der Waals surface area contributed by atoms with Crippen LogP contribution < -0.4 is 5.32 Å². The van der Waals surface area contributed by atoms with Crippen LogP contribution in [0.3, 0.4) is 0 Å². The van der Waals surface area contributed by atoms with Crippen LogP contribution in [0.25, 0.3) is 0 Å². The van der Waals surface area contributed by atoms with Gasteiger partial charge in [0.05, 0.1) is 0 Å². The maximum absolute atomic E-state index is 4.09. The van der Waals surface area contributed by atoms with Crippen molar-refractivity contribution in [2.45, 2.75) is 56.2 Å². The SMILES string of the molecule is CCCNC1C(Sc2ccncc2)CCC1(C)C. The fourth-order valence-electron chi connectivity index (χ4n) is 2.77. The van der Waals surface area contributed by atoms with E-state index in [9.17, 15) is 0 Å². The van der Waals surface area contributed by atoms with E-state index in [4.69, 9.17) is 0 Å². The van der Waals surface area contributed by atoms with E-state index < -0.39 is 0 Å². The van der Waals surface area contributed by atoms with Gasteiger partial charge in [0.1, 0.15) is 0 Å². The lowest BCUT2D eigenvalue weighted by atomic mass is 9.87. The van der Waals surface area contributed by atoms with Crippen LogP contribution in [0.15, 0.2) is 29.4 Å². The molecular weight excluding hydrogens is 240 g/mol. The third kappa shape index (κ3) is 3.27. The molecular formula is C15H24N2S. The number of thioether (sulfide) groups is 1. The molecule has 1 aliphatic rings. The second-order valence-electron chi connectivity index (χ2n) is 5.80. The molecule has 2 rings (SSSR count). The average Bonchev–Trinajstić information content (AvgIpc) is 2.64. The number of pyridine rings is 1. The van der Waals surface area contributed by atoms with E-state index in [0.717, 1.165) is 6.54 Å². The molecule has 3 heteroatoms. The normalized spacial score (nSPS) is 26.4. The highest BCUT2D eigenvalue weighted by atomic mass is 32.2. The molecule has 0 spiro atoms. The first kappa shape index (κ1) is 13.9. The van der Waals surface area contributed by atoms with Gasteiger partial charge in [-0.2, -0.15) is 0 Å². The molecule has 1 heterocycles. The first-order chi connectivity index (χ1) is 8.63. The summed E-state index contributed by atoms with van der Waals surface area (Å²) >= 11 is 2.01. The van der Waals surface area contributed by atoms with Gasteiger partial charge in [0, 0.05) is 28.6 Å². The first-order valence-corrected chi connectivity index (χ1v) is 7.81. The molecule has 2 unspecified atom stereocenters. The number of aromatic nitrogens is 1. The lowest BCUT2D eigenvalue weighted by molar-refractivity contribution is 0.287. The Bertz CT molecular complexity index is 364. The molecule has 1 aromatic rings. The van der Waals surface area contributed by atoms with E-state index in [0.29, 0.717) is 16.7 Å². The van der Waals surface area contributed by atoms with E-state index in [1.54, 1.807) is 0 Å². The maximum Gasteiger partial charge on any atom is 0.0278 e. The van der Waals surface area contributed by atoms with Gasteiger partial charge in [-0.25, -0.2) is 0 Å². The number of hydrogen-bond acceptors (Lipinski definition) is 3. The Morgan fingerprint density at radius 3 is 2.78 bits per heavy atom. The minimum atomic E-state index is 0.417. The standard InChI is InChI=1S/C15H24N2S/c1-4-9-17-14-13(5-8-15(14,2)3)18-12-6-10-16-11-7-12/h6-7,10-11,13-14,17H,4-5,8-9H2,1-3H3. The van der Waals surface area contributed by atoms with E-state index in [1.165, 1.54) is 24.2 Å². The van der Waals surface area contributed by atoms with Crippen LogP contribution in [0.2, 0.25) is 0 Å². The van der Waals surface area contributed by atoms with Crippen LogP contribution in [-0.4, -0.2) is 22.8 Å². The average molecular weight is 264 g/mol. The molecule has 0 aliphatic heterocycles.